The summed E-state index contributed by atoms with van der Waals surface area (Å²) in [5.41, 5.74) is 2.02. The molecule has 19 heavy (non-hydrogen) atoms. The average molecular weight is 263 g/mol. The summed E-state index contributed by atoms with van der Waals surface area (Å²) >= 11 is 1.70. The molecule has 0 unspecified atom stereocenters. The van der Waals surface area contributed by atoms with Crippen molar-refractivity contribution in [2.24, 2.45) is 0 Å². The van der Waals surface area contributed by atoms with Crippen molar-refractivity contribution in [3.63, 3.8) is 0 Å². The van der Waals surface area contributed by atoms with Crippen LogP contribution in [0.2, 0.25) is 0 Å². The summed E-state index contributed by atoms with van der Waals surface area (Å²) in [4.78, 5) is 5.84. The van der Waals surface area contributed by atoms with Crippen LogP contribution in [0.5, 0.6) is 0 Å². The fourth-order valence-corrected chi connectivity index (χ4v) is 2.53. The Morgan fingerprint density at radius 2 is 1.58 bits per heavy atom. The summed E-state index contributed by atoms with van der Waals surface area (Å²) in [6.45, 7) is 0. The van der Waals surface area contributed by atoms with Crippen molar-refractivity contribution in [3.8, 4) is 0 Å². The van der Waals surface area contributed by atoms with Crippen molar-refractivity contribution >= 4 is 28.7 Å². The van der Waals surface area contributed by atoms with E-state index in [0.29, 0.717) is 0 Å². The second-order valence-electron chi connectivity index (χ2n) is 4.16. The minimum absolute atomic E-state index is 0.988. The van der Waals surface area contributed by atoms with Gasteiger partial charge in [0.25, 0.3) is 0 Å². The van der Waals surface area contributed by atoms with Crippen molar-refractivity contribution in [3.05, 3.63) is 77.8 Å². The quantitative estimate of drug-likeness (QED) is 0.617. The smallest absolute Gasteiger partial charge is 0.0709 e. The van der Waals surface area contributed by atoms with Crippen molar-refractivity contribution in [1.29, 1.82) is 0 Å². The molecule has 0 fully saturated rings. The van der Waals surface area contributed by atoms with Gasteiger partial charge in [-0.3, -0.25) is 0 Å². The summed E-state index contributed by atoms with van der Waals surface area (Å²) in [5.74, 6) is 0. The molecule has 1 heterocycles. The number of benzene rings is 2. The summed E-state index contributed by atoms with van der Waals surface area (Å²) in [6, 6.07) is 22.6. The lowest BCUT2D eigenvalue weighted by Gasteiger charge is -1.98. The molecule has 0 radical (unpaired) electrons. The molecule has 0 amide bonds. The van der Waals surface area contributed by atoms with E-state index in [0.717, 1.165) is 11.2 Å². The topological polar surface area (TPSA) is 12.9 Å². The van der Waals surface area contributed by atoms with Crippen LogP contribution in [0, 0.1) is 0 Å². The first-order chi connectivity index (χ1) is 9.42. The molecule has 0 saturated carbocycles. The Balaban J connectivity index is 1.78. The maximum absolute atomic E-state index is 4.61. The minimum atomic E-state index is 0.988. The second-order valence-corrected chi connectivity index (χ2v) is 5.14. The zero-order chi connectivity index (χ0) is 12.9. The Hall–Kier alpha value is -2.06. The SMILES string of the molecule is C(=Cc1ccc2ccccc2n1)Sc1ccccc1. The molecule has 1 nitrogen and oxygen atoms in total. The highest BCUT2D eigenvalue weighted by Crippen LogP contribution is 2.20. The van der Waals surface area contributed by atoms with Gasteiger partial charge in [0.15, 0.2) is 0 Å². The second kappa shape index (κ2) is 5.72. The van der Waals surface area contributed by atoms with Crippen LogP contribution < -0.4 is 0 Å². The number of thioether (sulfide) groups is 1. The van der Waals surface area contributed by atoms with Gasteiger partial charge in [-0.05, 0) is 35.7 Å². The standard InChI is InChI=1S/C17H13NS/c1-2-7-16(8-3-1)19-13-12-15-11-10-14-6-4-5-9-17(14)18-15/h1-13H. The molecule has 0 aliphatic rings. The van der Waals surface area contributed by atoms with Crippen LogP contribution in [-0.2, 0) is 0 Å². The summed E-state index contributed by atoms with van der Waals surface area (Å²) in [5, 5.41) is 3.25. The highest BCUT2D eigenvalue weighted by Gasteiger charge is 1.94. The van der Waals surface area contributed by atoms with Gasteiger partial charge in [-0.1, -0.05) is 54.2 Å². The molecular formula is C17H13NS. The van der Waals surface area contributed by atoms with E-state index in [1.54, 1.807) is 11.8 Å². The third-order valence-electron chi connectivity index (χ3n) is 2.81. The molecule has 0 bridgehead atoms. The van der Waals surface area contributed by atoms with Crippen LogP contribution in [0.25, 0.3) is 17.0 Å². The molecule has 0 spiro atoms. The fraction of sp³-hybridized carbons (Fsp3) is 0. The molecular weight excluding hydrogens is 250 g/mol. The Labute approximate surface area is 117 Å². The summed E-state index contributed by atoms with van der Waals surface area (Å²) < 4.78 is 0. The van der Waals surface area contributed by atoms with Crippen molar-refractivity contribution in [1.82, 2.24) is 4.98 Å². The lowest BCUT2D eigenvalue weighted by atomic mass is 10.2. The van der Waals surface area contributed by atoms with Gasteiger partial charge in [0.2, 0.25) is 0 Å². The third kappa shape index (κ3) is 3.04. The van der Waals surface area contributed by atoms with Gasteiger partial charge in [0.05, 0.1) is 11.2 Å². The van der Waals surface area contributed by atoms with E-state index in [2.05, 4.69) is 34.7 Å². The van der Waals surface area contributed by atoms with Gasteiger partial charge < -0.3 is 0 Å². The molecule has 0 N–H and O–H groups in total. The largest absolute Gasteiger partial charge is 0.248 e. The zero-order valence-electron chi connectivity index (χ0n) is 10.4. The molecule has 0 saturated heterocycles. The summed E-state index contributed by atoms with van der Waals surface area (Å²) in [7, 11) is 0. The van der Waals surface area contributed by atoms with E-state index in [9.17, 15) is 0 Å². The maximum atomic E-state index is 4.61. The molecule has 3 aromatic rings. The number of rotatable bonds is 3. The minimum Gasteiger partial charge on any atom is -0.248 e. The number of para-hydroxylation sites is 1. The van der Waals surface area contributed by atoms with Gasteiger partial charge in [-0.25, -0.2) is 4.98 Å². The van der Waals surface area contributed by atoms with Gasteiger partial charge in [0, 0.05) is 10.3 Å². The Bertz CT molecular complexity index is 705. The Kier molecular flexibility index (Phi) is 3.61. The first-order valence-electron chi connectivity index (χ1n) is 6.16. The number of aromatic nitrogens is 1. The number of fused-ring (bicyclic) bond motifs is 1. The normalized spacial score (nSPS) is 11.2. The van der Waals surface area contributed by atoms with Crippen LogP contribution in [0.3, 0.4) is 0 Å². The molecule has 0 atom stereocenters. The van der Waals surface area contributed by atoms with Crippen LogP contribution in [-0.4, -0.2) is 4.98 Å². The first kappa shape index (κ1) is 12.0. The van der Waals surface area contributed by atoms with E-state index < -0.39 is 0 Å². The maximum Gasteiger partial charge on any atom is 0.0709 e. The van der Waals surface area contributed by atoms with E-state index in [4.69, 9.17) is 0 Å². The zero-order valence-corrected chi connectivity index (χ0v) is 11.2. The van der Waals surface area contributed by atoms with E-state index in [1.807, 2.05) is 48.5 Å². The van der Waals surface area contributed by atoms with Crippen molar-refractivity contribution < 1.29 is 0 Å². The predicted molar refractivity (Wildman–Crippen MR) is 83.1 cm³/mol. The van der Waals surface area contributed by atoms with Crippen molar-refractivity contribution in [2.75, 3.05) is 0 Å². The average Bonchev–Trinajstić information content (AvgIpc) is 2.48. The fourth-order valence-electron chi connectivity index (χ4n) is 1.86. The highest BCUT2D eigenvalue weighted by molar-refractivity contribution is 8.02. The van der Waals surface area contributed by atoms with Crippen LogP contribution >= 0.6 is 11.8 Å². The lowest BCUT2D eigenvalue weighted by Crippen LogP contribution is -1.81. The number of pyridine rings is 1. The van der Waals surface area contributed by atoms with Gasteiger partial charge in [0.1, 0.15) is 0 Å². The Morgan fingerprint density at radius 3 is 2.47 bits per heavy atom. The number of hydrogen-bond acceptors (Lipinski definition) is 2. The lowest BCUT2D eigenvalue weighted by molar-refractivity contribution is 1.37. The van der Waals surface area contributed by atoms with Gasteiger partial charge >= 0.3 is 0 Å². The van der Waals surface area contributed by atoms with Crippen LogP contribution in [0.1, 0.15) is 5.69 Å². The number of nitrogens with zero attached hydrogens (tertiary/aromatic N) is 1. The van der Waals surface area contributed by atoms with E-state index in [1.165, 1.54) is 10.3 Å². The van der Waals surface area contributed by atoms with Crippen molar-refractivity contribution in [2.45, 2.75) is 4.90 Å². The first-order valence-corrected chi connectivity index (χ1v) is 7.04. The van der Waals surface area contributed by atoms with Gasteiger partial charge in [-0.2, -0.15) is 0 Å². The molecule has 0 aliphatic heterocycles. The molecule has 2 heteroatoms. The van der Waals surface area contributed by atoms with E-state index in [-0.39, 0.29) is 0 Å². The molecule has 1 aromatic heterocycles. The molecule has 2 aromatic carbocycles. The Morgan fingerprint density at radius 1 is 0.789 bits per heavy atom. The van der Waals surface area contributed by atoms with E-state index >= 15 is 0 Å². The van der Waals surface area contributed by atoms with Crippen LogP contribution in [0.4, 0.5) is 0 Å². The monoisotopic (exact) mass is 263 g/mol. The predicted octanol–water partition coefficient (Wildman–Crippen LogP) is 5.00. The summed E-state index contributed by atoms with van der Waals surface area (Å²) in [6.07, 6.45) is 2.05. The third-order valence-corrected chi connectivity index (χ3v) is 3.62. The highest BCUT2D eigenvalue weighted by atomic mass is 32.2. The number of hydrogen-bond donors (Lipinski definition) is 0. The van der Waals surface area contributed by atoms with Crippen LogP contribution in [0.15, 0.2) is 77.0 Å². The molecule has 0 aliphatic carbocycles. The molecule has 92 valence electrons. The van der Waals surface area contributed by atoms with Gasteiger partial charge in [-0.15, -0.1) is 0 Å². The molecule has 3 rings (SSSR count).